The molecule has 118 valence electrons. The number of morpholine rings is 1. The average Bonchev–Trinajstić information content (AvgIpc) is 2.61. The lowest BCUT2D eigenvalue weighted by atomic mass is 10.1. The number of hydrogen-bond donors (Lipinski definition) is 0. The van der Waals surface area contributed by atoms with E-state index in [0.717, 1.165) is 30.0 Å². The molecule has 0 amide bonds. The van der Waals surface area contributed by atoms with Crippen molar-refractivity contribution in [2.75, 3.05) is 31.2 Å². The Labute approximate surface area is 134 Å². The number of rotatable bonds is 4. The molecule has 2 aromatic rings. The summed E-state index contributed by atoms with van der Waals surface area (Å²) in [6.45, 7) is 2.85. The fourth-order valence-corrected chi connectivity index (χ4v) is 2.51. The molecule has 1 aliphatic rings. The van der Waals surface area contributed by atoms with E-state index in [4.69, 9.17) is 4.74 Å². The van der Waals surface area contributed by atoms with Crippen molar-refractivity contribution in [1.29, 1.82) is 0 Å². The largest absolute Gasteiger partial charge is 0.378 e. The highest BCUT2D eigenvalue weighted by Gasteiger charge is 2.17. The molecule has 0 radical (unpaired) electrons. The standard InChI is InChI=1S/C17H17N3O3/c21-20(22)16-6-7-17(19-8-10-23-11-9-19)14(12-16)13-18-15-4-2-1-3-5-15/h1-7,12-13H,8-11H2. The minimum absolute atomic E-state index is 0.0662. The van der Waals surface area contributed by atoms with Crippen LogP contribution in [-0.4, -0.2) is 37.4 Å². The predicted octanol–water partition coefficient (Wildman–Crippen LogP) is 3.18. The van der Waals surface area contributed by atoms with Crippen molar-refractivity contribution >= 4 is 23.3 Å². The summed E-state index contributed by atoms with van der Waals surface area (Å²) in [5.74, 6) is 0. The monoisotopic (exact) mass is 311 g/mol. The third kappa shape index (κ3) is 3.73. The van der Waals surface area contributed by atoms with Crippen molar-refractivity contribution in [3.8, 4) is 0 Å². The molecular formula is C17H17N3O3. The fourth-order valence-electron chi connectivity index (χ4n) is 2.51. The van der Waals surface area contributed by atoms with Crippen molar-refractivity contribution < 1.29 is 9.66 Å². The molecule has 0 unspecified atom stereocenters. The number of aliphatic imine (C=N–C) groups is 1. The topological polar surface area (TPSA) is 68.0 Å². The van der Waals surface area contributed by atoms with Gasteiger partial charge in [-0.25, -0.2) is 0 Å². The van der Waals surface area contributed by atoms with Crippen LogP contribution in [0.2, 0.25) is 0 Å². The van der Waals surface area contributed by atoms with E-state index in [1.807, 2.05) is 30.3 Å². The van der Waals surface area contributed by atoms with Gasteiger partial charge in [0.15, 0.2) is 0 Å². The Morgan fingerprint density at radius 2 is 1.87 bits per heavy atom. The van der Waals surface area contributed by atoms with E-state index < -0.39 is 0 Å². The summed E-state index contributed by atoms with van der Waals surface area (Å²) in [6.07, 6.45) is 1.69. The van der Waals surface area contributed by atoms with Gasteiger partial charge in [0.05, 0.1) is 23.8 Å². The summed E-state index contributed by atoms with van der Waals surface area (Å²) in [4.78, 5) is 17.2. The lowest BCUT2D eigenvalue weighted by Crippen LogP contribution is -2.36. The van der Waals surface area contributed by atoms with Gasteiger partial charge in [0.25, 0.3) is 5.69 Å². The SMILES string of the molecule is O=[N+]([O-])c1ccc(N2CCOCC2)c(C=Nc2ccccc2)c1. The molecular weight excluding hydrogens is 294 g/mol. The van der Waals surface area contributed by atoms with Gasteiger partial charge in [-0.15, -0.1) is 0 Å². The molecule has 6 heteroatoms. The van der Waals surface area contributed by atoms with Crippen LogP contribution < -0.4 is 4.90 Å². The molecule has 23 heavy (non-hydrogen) atoms. The van der Waals surface area contributed by atoms with Gasteiger partial charge in [0.2, 0.25) is 0 Å². The fraction of sp³-hybridized carbons (Fsp3) is 0.235. The summed E-state index contributed by atoms with van der Waals surface area (Å²) < 4.78 is 5.37. The van der Waals surface area contributed by atoms with Crippen LogP contribution in [0.4, 0.5) is 17.1 Å². The van der Waals surface area contributed by atoms with Crippen LogP contribution in [0.15, 0.2) is 53.5 Å². The molecule has 0 atom stereocenters. The van der Waals surface area contributed by atoms with Crippen molar-refractivity contribution in [2.45, 2.75) is 0 Å². The average molecular weight is 311 g/mol. The van der Waals surface area contributed by atoms with Gasteiger partial charge in [-0.3, -0.25) is 15.1 Å². The van der Waals surface area contributed by atoms with E-state index in [2.05, 4.69) is 9.89 Å². The van der Waals surface area contributed by atoms with E-state index in [9.17, 15) is 10.1 Å². The first-order valence-corrected chi connectivity index (χ1v) is 7.44. The van der Waals surface area contributed by atoms with Crippen LogP contribution in [0.1, 0.15) is 5.56 Å². The van der Waals surface area contributed by atoms with Crippen molar-refractivity contribution in [1.82, 2.24) is 0 Å². The first-order chi connectivity index (χ1) is 11.2. The molecule has 6 nitrogen and oxygen atoms in total. The molecule has 1 fully saturated rings. The molecule has 0 aliphatic carbocycles. The molecule has 1 saturated heterocycles. The summed E-state index contributed by atoms with van der Waals surface area (Å²) in [6, 6.07) is 14.4. The summed E-state index contributed by atoms with van der Waals surface area (Å²) in [5.41, 5.74) is 2.56. The first-order valence-electron chi connectivity index (χ1n) is 7.44. The minimum atomic E-state index is -0.386. The van der Waals surface area contributed by atoms with Gasteiger partial charge in [0.1, 0.15) is 0 Å². The third-order valence-electron chi connectivity index (χ3n) is 3.68. The number of hydrogen-bond acceptors (Lipinski definition) is 5. The van der Waals surface area contributed by atoms with Crippen LogP contribution >= 0.6 is 0 Å². The minimum Gasteiger partial charge on any atom is -0.378 e. The van der Waals surface area contributed by atoms with Crippen LogP contribution in [0.5, 0.6) is 0 Å². The Balaban J connectivity index is 1.95. The second-order valence-electron chi connectivity index (χ2n) is 5.19. The molecule has 1 aliphatic heterocycles. The highest BCUT2D eigenvalue weighted by atomic mass is 16.6. The summed E-state index contributed by atoms with van der Waals surface area (Å²) in [5, 5.41) is 11.0. The van der Waals surface area contributed by atoms with E-state index >= 15 is 0 Å². The number of para-hydroxylation sites is 1. The van der Waals surface area contributed by atoms with Gasteiger partial charge in [-0.2, -0.15) is 0 Å². The zero-order chi connectivity index (χ0) is 16.1. The second-order valence-corrected chi connectivity index (χ2v) is 5.19. The normalized spacial score (nSPS) is 15.0. The molecule has 2 aromatic carbocycles. The number of non-ortho nitro benzene ring substituents is 1. The molecule has 1 heterocycles. The van der Waals surface area contributed by atoms with Crippen LogP contribution in [0.25, 0.3) is 0 Å². The quantitative estimate of drug-likeness (QED) is 0.494. The Morgan fingerprint density at radius 3 is 2.57 bits per heavy atom. The maximum Gasteiger partial charge on any atom is 0.270 e. The molecule has 3 rings (SSSR count). The second kappa shape index (κ2) is 7.02. The molecule has 0 spiro atoms. The zero-order valence-electron chi connectivity index (χ0n) is 12.6. The maximum atomic E-state index is 11.0. The highest BCUT2D eigenvalue weighted by molar-refractivity contribution is 5.90. The smallest absolute Gasteiger partial charge is 0.270 e. The first kappa shape index (κ1) is 15.2. The number of nitro benzene ring substituents is 1. The van der Waals surface area contributed by atoms with Gasteiger partial charge >= 0.3 is 0 Å². The number of ether oxygens (including phenoxy) is 1. The Morgan fingerprint density at radius 1 is 1.13 bits per heavy atom. The van der Waals surface area contributed by atoms with Crippen molar-refractivity contribution in [2.24, 2.45) is 4.99 Å². The number of nitro groups is 1. The molecule has 0 bridgehead atoms. The van der Waals surface area contributed by atoms with Gasteiger partial charge in [-0.1, -0.05) is 18.2 Å². The van der Waals surface area contributed by atoms with Crippen molar-refractivity contribution in [3.05, 3.63) is 64.2 Å². The Bertz CT molecular complexity index is 710. The third-order valence-corrected chi connectivity index (χ3v) is 3.68. The van der Waals surface area contributed by atoms with E-state index in [0.29, 0.717) is 13.2 Å². The lowest BCUT2D eigenvalue weighted by Gasteiger charge is -2.29. The van der Waals surface area contributed by atoms with Gasteiger partial charge < -0.3 is 9.64 Å². The zero-order valence-corrected chi connectivity index (χ0v) is 12.6. The van der Waals surface area contributed by atoms with Crippen molar-refractivity contribution in [3.63, 3.8) is 0 Å². The molecule has 0 aromatic heterocycles. The van der Waals surface area contributed by atoms with E-state index in [1.165, 1.54) is 6.07 Å². The predicted molar refractivity (Wildman–Crippen MR) is 89.8 cm³/mol. The van der Waals surface area contributed by atoms with Crippen LogP contribution in [-0.2, 0) is 4.74 Å². The Hall–Kier alpha value is -2.73. The summed E-state index contributed by atoms with van der Waals surface area (Å²) in [7, 11) is 0. The van der Waals surface area contributed by atoms with Gasteiger partial charge in [0, 0.05) is 42.7 Å². The van der Waals surface area contributed by atoms with E-state index in [1.54, 1.807) is 18.3 Å². The number of benzene rings is 2. The highest BCUT2D eigenvalue weighted by Crippen LogP contribution is 2.25. The Kier molecular flexibility index (Phi) is 4.63. The number of anilines is 1. The van der Waals surface area contributed by atoms with Crippen LogP contribution in [0.3, 0.4) is 0 Å². The maximum absolute atomic E-state index is 11.0. The van der Waals surface area contributed by atoms with Crippen LogP contribution in [0, 0.1) is 10.1 Å². The van der Waals surface area contributed by atoms with Gasteiger partial charge in [-0.05, 0) is 18.2 Å². The summed E-state index contributed by atoms with van der Waals surface area (Å²) >= 11 is 0. The molecule has 0 N–H and O–H groups in total. The lowest BCUT2D eigenvalue weighted by molar-refractivity contribution is -0.384. The number of nitrogens with zero attached hydrogens (tertiary/aromatic N) is 3. The molecule has 0 saturated carbocycles. The van der Waals surface area contributed by atoms with E-state index in [-0.39, 0.29) is 10.6 Å².